The molecular formula is C21H20N4. The highest BCUT2D eigenvalue weighted by atomic mass is 15.1. The molecule has 0 spiro atoms. The number of nitrogens with two attached hydrogens (primary N) is 1. The average Bonchev–Trinajstić information content (AvgIpc) is 2.61. The first-order valence-electron chi connectivity index (χ1n) is 8.05. The number of benzene rings is 2. The summed E-state index contributed by atoms with van der Waals surface area (Å²) in [6, 6.07) is 20.1. The molecule has 25 heavy (non-hydrogen) atoms. The quantitative estimate of drug-likeness (QED) is 0.730. The fourth-order valence-electron chi connectivity index (χ4n) is 2.78. The maximum atomic E-state index is 9.59. The Morgan fingerprint density at radius 1 is 0.960 bits per heavy atom. The second-order valence-electron chi connectivity index (χ2n) is 6.19. The minimum atomic E-state index is 0.608. The standard InChI is InChI=1S/C21H20N4/c1-14-20(13-22)19(15-6-10-18(11-7-15)25(2)3)12-21(24-14)16-4-8-17(23)9-5-16/h4-12H,23H2,1-3H3. The summed E-state index contributed by atoms with van der Waals surface area (Å²) < 4.78 is 0. The van der Waals surface area contributed by atoms with Gasteiger partial charge in [-0.05, 0) is 42.8 Å². The van der Waals surface area contributed by atoms with Gasteiger partial charge in [0.1, 0.15) is 6.07 Å². The number of aromatic nitrogens is 1. The fourth-order valence-corrected chi connectivity index (χ4v) is 2.78. The summed E-state index contributed by atoms with van der Waals surface area (Å²) in [5.41, 5.74) is 12.7. The van der Waals surface area contributed by atoms with Crippen LogP contribution in [0.5, 0.6) is 0 Å². The molecule has 0 fully saturated rings. The second-order valence-corrected chi connectivity index (χ2v) is 6.19. The first-order chi connectivity index (χ1) is 12.0. The van der Waals surface area contributed by atoms with Crippen molar-refractivity contribution in [3.05, 3.63) is 65.9 Å². The zero-order valence-electron chi connectivity index (χ0n) is 14.6. The minimum absolute atomic E-state index is 0.608. The van der Waals surface area contributed by atoms with Crippen molar-refractivity contribution in [2.45, 2.75) is 6.92 Å². The van der Waals surface area contributed by atoms with Crippen LogP contribution in [0.25, 0.3) is 22.4 Å². The number of hydrogen-bond donors (Lipinski definition) is 1. The van der Waals surface area contributed by atoms with Crippen LogP contribution >= 0.6 is 0 Å². The van der Waals surface area contributed by atoms with E-state index < -0.39 is 0 Å². The molecule has 3 aromatic rings. The molecule has 2 N–H and O–H groups in total. The van der Waals surface area contributed by atoms with Gasteiger partial charge in [-0.2, -0.15) is 5.26 Å². The third-order valence-corrected chi connectivity index (χ3v) is 4.21. The van der Waals surface area contributed by atoms with Gasteiger partial charge in [-0.15, -0.1) is 0 Å². The van der Waals surface area contributed by atoms with Gasteiger partial charge in [0, 0.05) is 36.6 Å². The van der Waals surface area contributed by atoms with Crippen LogP contribution in [0.2, 0.25) is 0 Å². The van der Waals surface area contributed by atoms with Gasteiger partial charge in [-0.1, -0.05) is 24.3 Å². The van der Waals surface area contributed by atoms with Gasteiger partial charge in [-0.25, -0.2) is 0 Å². The van der Waals surface area contributed by atoms with Gasteiger partial charge in [0.25, 0.3) is 0 Å². The lowest BCUT2D eigenvalue weighted by atomic mass is 9.97. The molecule has 4 heteroatoms. The number of aryl methyl sites for hydroxylation is 1. The number of nitriles is 1. The van der Waals surface area contributed by atoms with E-state index in [0.29, 0.717) is 11.3 Å². The van der Waals surface area contributed by atoms with Crippen molar-refractivity contribution in [3.8, 4) is 28.5 Å². The molecular weight excluding hydrogens is 308 g/mol. The number of anilines is 2. The first kappa shape index (κ1) is 16.5. The molecule has 0 aliphatic heterocycles. The number of rotatable bonds is 3. The number of nitrogens with zero attached hydrogens (tertiary/aromatic N) is 3. The summed E-state index contributed by atoms with van der Waals surface area (Å²) in [7, 11) is 4.01. The SMILES string of the molecule is Cc1nc(-c2ccc(N)cc2)cc(-c2ccc(N(C)C)cc2)c1C#N. The molecule has 4 nitrogen and oxygen atoms in total. The Balaban J connectivity index is 2.14. The van der Waals surface area contributed by atoms with Gasteiger partial charge in [-0.3, -0.25) is 4.98 Å². The zero-order chi connectivity index (χ0) is 18.0. The number of pyridine rings is 1. The molecule has 0 radical (unpaired) electrons. The Morgan fingerprint density at radius 3 is 2.12 bits per heavy atom. The Morgan fingerprint density at radius 2 is 1.56 bits per heavy atom. The molecule has 0 bridgehead atoms. The first-order valence-corrected chi connectivity index (χ1v) is 8.05. The third kappa shape index (κ3) is 3.31. The van der Waals surface area contributed by atoms with E-state index in [1.54, 1.807) is 0 Å². The van der Waals surface area contributed by atoms with Crippen LogP contribution in [-0.2, 0) is 0 Å². The Bertz CT molecular complexity index is 933. The van der Waals surface area contributed by atoms with Crippen LogP contribution in [0.3, 0.4) is 0 Å². The molecule has 0 aliphatic carbocycles. The van der Waals surface area contributed by atoms with E-state index in [0.717, 1.165) is 33.8 Å². The Labute approximate surface area is 148 Å². The summed E-state index contributed by atoms with van der Waals surface area (Å²) >= 11 is 0. The Hall–Kier alpha value is -3.32. The van der Waals surface area contributed by atoms with Crippen LogP contribution in [0.1, 0.15) is 11.3 Å². The fraction of sp³-hybridized carbons (Fsp3) is 0.143. The summed E-state index contributed by atoms with van der Waals surface area (Å²) in [6.07, 6.45) is 0. The van der Waals surface area contributed by atoms with E-state index >= 15 is 0 Å². The van der Waals surface area contributed by atoms with Gasteiger partial charge in [0.15, 0.2) is 0 Å². The van der Waals surface area contributed by atoms with Gasteiger partial charge in [0.05, 0.1) is 17.0 Å². The smallest absolute Gasteiger partial charge is 0.102 e. The maximum absolute atomic E-state index is 9.59. The van der Waals surface area contributed by atoms with Crippen LogP contribution in [0, 0.1) is 18.3 Å². The molecule has 3 rings (SSSR count). The lowest BCUT2D eigenvalue weighted by Gasteiger charge is -2.14. The minimum Gasteiger partial charge on any atom is -0.399 e. The summed E-state index contributed by atoms with van der Waals surface area (Å²) in [5, 5.41) is 9.59. The second kappa shape index (κ2) is 6.66. The maximum Gasteiger partial charge on any atom is 0.102 e. The van der Waals surface area contributed by atoms with E-state index in [1.807, 2.05) is 68.4 Å². The number of nitrogen functional groups attached to an aromatic ring is 1. The highest BCUT2D eigenvalue weighted by Crippen LogP contribution is 2.31. The largest absolute Gasteiger partial charge is 0.399 e. The normalized spacial score (nSPS) is 10.3. The van der Waals surface area contributed by atoms with E-state index in [1.165, 1.54) is 0 Å². The Kier molecular flexibility index (Phi) is 4.40. The predicted molar refractivity (Wildman–Crippen MR) is 103 cm³/mol. The molecule has 0 aliphatic rings. The van der Waals surface area contributed by atoms with Crippen LogP contribution in [0.15, 0.2) is 54.6 Å². The molecule has 0 amide bonds. The number of hydrogen-bond acceptors (Lipinski definition) is 4. The molecule has 2 aromatic carbocycles. The summed E-state index contributed by atoms with van der Waals surface area (Å²) in [4.78, 5) is 6.65. The van der Waals surface area contributed by atoms with Crippen molar-refractivity contribution < 1.29 is 0 Å². The van der Waals surface area contributed by atoms with E-state index in [2.05, 4.69) is 23.2 Å². The molecule has 124 valence electrons. The average molecular weight is 328 g/mol. The van der Waals surface area contributed by atoms with Gasteiger partial charge in [0.2, 0.25) is 0 Å². The van der Waals surface area contributed by atoms with Crippen molar-refractivity contribution in [3.63, 3.8) is 0 Å². The van der Waals surface area contributed by atoms with Crippen LogP contribution in [-0.4, -0.2) is 19.1 Å². The van der Waals surface area contributed by atoms with Crippen molar-refractivity contribution >= 4 is 11.4 Å². The van der Waals surface area contributed by atoms with Crippen molar-refractivity contribution in [1.29, 1.82) is 5.26 Å². The van der Waals surface area contributed by atoms with Gasteiger partial charge >= 0.3 is 0 Å². The molecule has 0 unspecified atom stereocenters. The highest BCUT2D eigenvalue weighted by Gasteiger charge is 2.13. The van der Waals surface area contributed by atoms with Crippen molar-refractivity contribution in [1.82, 2.24) is 4.98 Å². The summed E-state index contributed by atoms with van der Waals surface area (Å²) in [6.45, 7) is 1.87. The molecule has 0 saturated carbocycles. The highest BCUT2D eigenvalue weighted by molar-refractivity contribution is 5.77. The van der Waals surface area contributed by atoms with Crippen molar-refractivity contribution in [2.75, 3.05) is 24.7 Å². The molecule has 0 atom stereocenters. The molecule has 1 aromatic heterocycles. The zero-order valence-corrected chi connectivity index (χ0v) is 14.6. The summed E-state index contributed by atoms with van der Waals surface area (Å²) in [5.74, 6) is 0. The van der Waals surface area contributed by atoms with Gasteiger partial charge < -0.3 is 10.6 Å². The predicted octanol–water partition coefficient (Wildman–Crippen LogP) is 4.24. The lowest BCUT2D eigenvalue weighted by Crippen LogP contribution is -2.08. The topological polar surface area (TPSA) is 65.9 Å². The van der Waals surface area contributed by atoms with Crippen molar-refractivity contribution in [2.24, 2.45) is 0 Å². The monoisotopic (exact) mass is 328 g/mol. The third-order valence-electron chi connectivity index (χ3n) is 4.21. The van der Waals surface area contributed by atoms with E-state index in [4.69, 9.17) is 5.73 Å². The molecule has 1 heterocycles. The van der Waals surface area contributed by atoms with Crippen LogP contribution in [0.4, 0.5) is 11.4 Å². The van der Waals surface area contributed by atoms with E-state index in [9.17, 15) is 5.26 Å². The molecule has 0 saturated heterocycles. The van der Waals surface area contributed by atoms with E-state index in [-0.39, 0.29) is 0 Å². The van der Waals surface area contributed by atoms with Crippen LogP contribution < -0.4 is 10.6 Å². The lowest BCUT2D eigenvalue weighted by molar-refractivity contribution is 1.13.